The summed E-state index contributed by atoms with van der Waals surface area (Å²) >= 11 is 0. The molecule has 1 heterocycles. The Morgan fingerprint density at radius 1 is 0.561 bits per heavy atom. The molecule has 0 aromatic heterocycles. The van der Waals surface area contributed by atoms with E-state index >= 15 is 0 Å². The average molecular weight is 895 g/mol. The Hall–Kier alpha value is -6.89. The van der Waals surface area contributed by atoms with Crippen LogP contribution in [0.1, 0.15) is 105 Å². The van der Waals surface area contributed by atoms with Gasteiger partial charge < -0.3 is 33.2 Å². The number of hydrogen-bond donors (Lipinski definition) is 0. The van der Waals surface area contributed by atoms with Crippen LogP contribution in [0, 0.1) is 5.41 Å². The molecule has 7 atom stereocenters. The summed E-state index contributed by atoms with van der Waals surface area (Å²) < 4.78 is 43.6. The van der Waals surface area contributed by atoms with E-state index in [0.29, 0.717) is 31.2 Å². The molecule has 342 valence electrons. The third-order valence-electron chi connectivity index (χ3n) is 11.8. The second-order valence-corrected chi connectivity index (χ2v) is 17.1. The summed E-state index contributed by atoms with van der Waals surface area (Å²) in [4.78, 5) is 68.2. The predicted octanol–water partition coefficient (Wildman–Crippen LogP) is 9.79. The fourth-order valence-corrected chi connectivity index (χ4v) is 8.52. The summed E-state index contributed by atoms with van der Waals surface area (Å²) in [7, 11) is 0. The van der Waals surface area contributed by atoms with Crippen molar-refractivity contribution in [1.82, 2.24) is 0 Å². The second kappa shape index (κ2) is 21.9. The summed E-state index contributed by atoms with van der Waals surface area (Å²) in [6.45, 7) is 7.70. The lowest BCUT2D eigenvalue weighted by Gasteiger charge is -2.45. The van der Waals surface area contributed by atoms with E-state index in [2.05, 4.69) is 20.8 Å². The minimum Gasteiger partial charge on any atom is -0.459 e. The summed E-state index contributed by atoms with van der Waals surface area (Å²) in [6.07, 6.45) is -5.80. The van der Waals surface area contributed by atoms with Crippen LogP contribution in [0.2, 0.25) is 0 Å². The largest absolute Gasteiger partial charge is 0.459 e. The number of allylic oxidation sites excluding steroid dienone is 1. The summed E-state index contributed by atoms with van der Waals surface area (Å²) in [5.41, 5.74) is 3.33. The van der Waals surface area contributed by atoms with E-state index in [1.807, 2.05) is 13.0 Å². The summed E-state index contributed by atoms with van der Waals surface area (Å²) in [5, 5.41) is 0. The van der Waals surface area contributed by atoms with Crippen LogP contribution in [0.15, 0.2) is 163 Å². The molecule has 0 radical (unpaired) electrons. The molecular formula is C54H54O12. The number of carbonyl (C=O) groups is 5. The van der Waals surface area contributed by atoms with Crippen molar-refractivity contribution in [2.45, 2.75) is 96.3 Å². The van der Waals surface area contributed by atoms with E-state index in [4.69, 9.17) is 33.2 Å². The molecule has 12 heteroatoms. The first-order chi connectivity index (χ1) is 31.9. The minimum atomic E-state index is -1.54. The fraction of sp³-hybridized carbons (Fsp3) is 0.315. The molecule has 7 rings (SSSR count). The van der Waals surface area contributed by atoms with Gasteiger partial charge in [0.1, 0.15) is 18.8 Å². The van der Waals surface area contributed by atoms with Gasteiger partial charge in [-0.05, 0) is 99.2 Å². The molecule has 0 N–H and O–H groups in total. The zero-order valence-electron chi connectivity index (χ0n) is 37.4. The Morgan fingerprint density at radius 2 is 0.955 bits per heavy atom. The topological polar surface area (TPSA) is 150 Å². The molecule has 0 amide bonds. The molecule has 0 unspecified atom stereocenters. The van der Waals surface area contributed by atoms with Crippen molar-refractivity contribution in [3.05, 3.63) is 191 Å². The van der Waals surface area contributed by atoms with Crippen molar-refractivity contribution < 1.29 is 57.1 Å². The van der Waals surface area contributed by atoms with Crippen molar-refractivity contribution in [3.8, 4) is 0 Å². The number of hydrogen-bond acceptors (Lipinski definition) is 12. The fourth-order valence-electron chi connectivity index (χ4n) is 8.52. The first-order valence-electron chi connectivity index (χ1n) is 22.1. The molecule has 5 aromatic rings. The zero-order valence-corrected chi connectivity index (χ0v) is 37.4. The second-order valence-electron chi connectivity index (χ2n) is 17.1. The van der Waals surface area contributed by atoms with Crippen molar-refractivity contribution in [2.75, 3.05) is 6.61 Å². The van der Waals surface area contributed by atoms with Crippen LogP contribution >= 0.6 is 0 Å². The molecule has 1 aliphatic carbocycles. The third kappa shape index (κ3) is 12.1. The van der Waals surface area contributed by atoms with Gasteiger partial charge in [0.2, 0.25) is 0 Å². The van der Waals surface area contributed by atoms with Gasteiger partial charge in [-0.25, -0.2) is 24.0 Å². The molecule has 0 saturated carbocycles. The molecule has 2 aliphatic rings. The highest BCUT2D eigenvalue weighted by atomic mass is 16.7. The maximum Gasteiger partial charge on any atom is 0.338 e. The molecule has 1 saturated heterocycles. The van der Waals surface area contributed by atoms with Crippen LogP contribution in [0.3, 0.4) is 0 Å². The van der Waals surface area contributed by atoms with Gasteiger partial charge in [-0.1, -0.05) is 116 Å². The van der Waals surface area contributed by atoms with Crippen molar-refractivity contribution in [3.63, 3.8) is 0 Å². The predicted molar refractivity (Wildman–Crippen MR) is 243 cm³/mol. The maximum absolute atomic E-state index is 14.0. The highest BCUT2D eigenvalue weighted by Gasteiger charge is 2.54. The summed E-state index contributed by atoms with van der Waals surface area (Å²) in [5.74, 6) is -3.40. The lowest BCUT2D eigenvalue weighted by atomic mass is 9.70. The SMILES string of the molecule is CC1=C(CC[C@@H](C)O[C@@H]2O[C@H](COC(=O)c3ccccc3)[C@@H](OC(=O)c3ccccc3)[C@H](OC(=O)c3ccccc3)[C@H]2OC(=O)c2ccccc2)C(C)(C)C[C@H](OC(=O)c2ccccc2)C1. The molecule has 12 nitrogen and oxygen atoms in total. The standard InChI is InChI=1S/C54H54O12/c1-35-32-42(62-49(56)38-22-12-6-13-23-38)33-54(3,4)43(35)31-30-36(2)61-53-47(66-52(59)41-28-18-9-19-29-41)46(65-51(58)40-26-16-8-17-27-40)45(64-50(57)39-24-14-7-15-25-39)44(63-53)34-60-48(55)37-20-10-5-11-21-37/h5-29,36,42,44-47,53H,30-34H2,1-4H3/t36-,42-,44-,45-,46+,47-,53-/m1/s1. The molecule has 0 spiro atoms. The molecule has 0 bridgehead atoms. The normalized spacial score (nSPS) is 21.7. The highest BCUT2D eigenvalue weighted by molar-refractivity contribution is 5.92. The highest BCUT2D eigenvalue weighted by Crippen LogP contribution is 2.44. The van der Waals surface area contributed by atoms with Crippen molar-refractivity contribution in [2.24, 2.45) is 5.41 Å². The Morgan fingerprint density at radius 3 is 1.39 bits per heavy atom. The first-order valence-corrected chi connectivity index (χ1v) is 22.1. The molecule has 1 fully saturated rings. The quantitative estimate of drug-likeness (QED) is 0.0527. The van der Waals surface area contributed by atoms with Crippen LogP contribution in [0.25, 0.3) is 0 Å². The number of benzene rings is 5. The van der Waals surface area contributed by atoms with E-state index in [1.54, 1.807) is 146 Å². The Labute approximate surface area is 384 Å². The number of esters is 5. The average Bonchev–Trinajstić information content (AvgIpc) is 3.33. The molecule has 5 aromatic carbocycles. The smallest absolute Gasteiger partial charge is 0.338 e. The van der Waals surface area contributed by atoms with Gasteiger partial charge in [0.15, 0.2) is 24.6 Å². The van der Waals surface area contributed by atoms with Crippen molar-refractivity contribution in [1.29, 1.82) is 0 Å². The van der Waals surface area contributed by atoms with E-state index in [1.165, 1.54) is 5.57 Å². The zero-order chi connectivity index (χ0) is 46.6. The summed E-state index contributed by atoms with van der Waals surface area (Å²) in [6, 6.07) is 41.9. The maximum atomic E-state index is 14.0. The third-order valence-corrected chi connectivity index (χ3v) is 11.8. The van der Waals surface area contributed by atoms with E-state index in [9.17, 15) is 24.0 Å². The Balaban J connectivity index is 1.19. The van der Waals surface area contributed by atoms with E-state index in [0.717, 1.165) is 5.57 Å². The van der Waals surface area contributed by atoms with Gasteiger partial charge in [-0.2, -0.15) is 0 Å². The van der Waals surface area contributed by atoms with Crippen molar-refractivity contribution >= 4 is 29.8 Å². The minimum absolute atomic E-state index is 0.180. The van der Waals surface area contributed by atoms with Gasteiger partial charge in [0, 0.05) is 6.42 Å². The van der Waals surface area contributed by atoms with Crippen LogP contribution in [0.5, 0.6) is 0 Å². The van der Waals surface area contributed by atoms with E-state index in [-0.39, 0.29) is 39.7 Å². The Kier molecular flexibility index (Phi) is 15.6. The van der Waals surface area contributed by atoms with Gasteiger partial charge in [-0.15, -0.1) is 0 Å². The van der Waals surface area contributed by atoms with Gasteiger partial charge in [-0.3, -0.25) is 0 Å². The number of carbonyl (C=O) groups excluding carboxylic acids is 5. The van der Waals surface area contributed by atoms with Crippen LogP contribution in [-0.2, 0) is 33.2 Å². The van der Waals surface area contributed by atoms with Crippen LogP contribution < -0.4 is 0 Å². The van der Waals surface area contributed by atoms with Gasteiger partial charge in [0.25, 0.3) is 0 Å². The lowest BCUT2D eigenvalue weighted by molar-refractivity contribution is -0.307. The molecule has 1 aliphatic heterocycles. The van der Waals surface area contributed by atoms with Crippen LogP contribution in [0.4, 0.5) is 0 Å². The van der Waals surface area contributed by atoms with Crippen LogP contribution in [-0.4, -0.2) is 79.4 Å². The monoisotopic (exact) mass is 894 g/mol. The molecular weight excluding hydrogens is 841 g/mol. The van der Waals surface area contributed by atoms with Gasteiger partial charge in [0.05, 0.1) is 33.9 Å². The first kappa shape index (κ1) is 47.1. The van der Waals surface area contributed by atoms with E-state index < -0.39 is 67.3 Å². The lowest BCUT2D eigenvalue weighted by Crippen LogP contribution is -2.63. The van der Waals surface area contributed by atoms with Gasteiger partial charge >= 0.3 is 29.8 Å². The Bertz CT molecular complexity index is 2460. The number of rotatable bonds is 16. The number of ether oxygens (including phenoxy) is 7. The molecule has 66 heavy (non-hydrogen) atoms.